The van der Waals surface area contributed by atoms with Crippen molar-refractivity contribution in [1.82, 2.24) is 5.32 Å². The third-order valence-electron chi connectivity index (χ3n) is 8.03. The van der Waals surface area contributed by atoms with Crippen molar-refractivity contribution in [3.63, 3.8) is 0 Å². The van der Waals surface area contributed by atoms with Crippen LogP contribution in [0.1, 0.15) is 32.3 Å². The van der Waals surface area contributed by atoms with Gasteiger partial charge in [-0.25, -0.2) is 0 Å². The molecule has 0 saturated heterocycles. The van der Waals surface area contributed by atoms with E-state index in [4.69, 9.17) is 9.47 Å². The molecule has 6 aromatic rings. The minimum atomic E-state index is -0.545. The molecule has 0 heterocycles. The summed E-state index contributed by atoms with van der Waals surface area (Å²) in [5, 5.41) is 8.14. The SMILES string of the molecule is COc1ccc(NC(=O)C(Sc2ccc(NC(=O)/C(=C/c3ccc(OCc4ccccc4)cc3)NC(=O)c3ccccc3)cc2)c2ccccc2)cc1. The van der Waals surface area contributed by atoms with Crippen LogP contribution in [0.2, 0.25) is 0 Å². The second-order valence-corrected chi connectivity index (χ2v) is 13.0. The number of carbonyl (C=O) groups excluding carboxylic acids is 3. The first-order chi connectivity index (χ1) is 25.9. The summed E-state index contributed by atoms with van der Waals surface area (Å²) in [7, 11) is 1.59. The Morgan fingerprint density at radius 1 is 0.642 bits per heavy atom. The van der Waals surface area contributed by atoms with Gasteiger partial charge in [-0.05, 0) is 95.6 Å². The van der Waals surface area contributed by atoms with Crippen LogP contribution in [0.4, 0.5) is 11.4 Å². The fourth-order valence-electron chi connectivity index (χ4n) is 5.24. The lowest BCUT2D eigenvalue weighted by molar-refractivity contribution is -0.116. The number of hydrogen-bond donors (Lipinski definition) is 3. The Bertz CT molecular complexity index is 2140. The normalized spacial score (nSPS) is 11.5. The van der Waals surface area contributed by atoms with E-state index >= 15 is 0 Å². The number of rotatable bonds is 14. The highest BCUT2D eigenvalue weighted by atomic mass is 32.2. The Labute approximate surface area is 312 Å². The van der Waals surface area contributed by atoms with Crippen molar-refractivity contribution in [2.75, 3.05) is 17.7 Å². The lowest BCUT2D eigenvalue weighted by atomic mass is 10.1. The first-order valence-electron chi connectivity index (χ1n) is 16.9. The van der Waals surface area contributed by atoms with Crippen LogP contribution in [0.15, 0.2) is 174 Å². The number of nitrogens with one attached hydrogen (secondary N) is 3. The average molecular weight is 720 g/mol. The molecule has 0 radical (unpaired) electrons. The molecule has 264 valence electrons. The zero-order valence-electron chi connectivity index (χ0n) is 28.9. The molecule has 0 aliphatic heterocycles. The van der Waals surface area contributed by atoms with Crippen LogP contribution in [0.5, 0.6) is 11.5 Å². The molecule has 3 amide bonds. The number of thioether (sulfide) groups is 1. The molecule has 0 spiro atoms. The van der Waals surface area contributed by atoms with Gasteiger partial charge >= 0.3 is 0 Å². The van der Waals surface area contributed by atoms with Gasteiger partial charge in [0.15, 0.2) is 0 Å². The molecular formula is C44H37N3O5S. The minimum Gasteiger partial charge on any atom is -0.497 e. The lowest BCUT2D eigenvalue weighted by Crippen LogP contribution is -2.30. The Hall–Kier alpha value is -6.58. The second kappa shape index (κ2) is 18.1. The molecular weight excluding hydrogens is 683 g/mol. The molecule has 0 saturated carbocycles. The van der Waals surface area contributed by atoms with E-state index in [9.17, 15) is 14.4 Å². The van der Waals surface area contributed by atoms with Crippen LogP contribution in [0.25, 0.3) is 6.08 Å². The fraction of sp³-hybridized carbons (Fsp3) is 0.0682. The number of carbonyl (C=O) groups is 3. The van der Waals surface area contributed by atoms with Gasteiger partial charge in [-0.2, -0.15) is 0 Å². The zero-order chi connectivity index (χ0) is 36.8. The fourth-order valence-corrected chi connectivity index (χ4v) is 6.27. The van der Waals surface area contributed by atoms with E-state index in [0.29, 0.717) is 40.6 Å². The van der Waals surface area contributed by atoms with Gasteiger partial charge in [0, 0.05) is 21.8 Å². The number of amides is 3. The number of hydrogen-bond acceptors (Lipinski definition) is 6. The van der Waals surface area contributed by atoms with E-state index in [1.54, 1.807) is 73.8 Å². The van der Waals surface area contributed by atoms with E-state index in [2.05, 4.69) is 16.0 Å². The highest BCUT2D eigenvalue weighted by Crippen LogP contribution is 2.37. The molecule has 1 atom stereocenters. The van der Waals surface area contributed by atoms with E-state index in [1.165, 1.54) is 11.8 Å². The van der Waals surface area contributed by atoms with Crippen LogP contribution in [-0.2, 0) is 16.2 Å². The first-order valence-corrected chi connectivity index (χ1v) is 17.7. The molecule has 6 aromatic carbocycles. The maximum absolute atomic E-state index is 13.7. The Balaban J connectivity index is 1.16. The highest BCUT2D eigenvalue weighted by Gasteiger charge is 2.23. The molecule has 6 rings (SSSR count). The van der Waals surface area contributed by atoms with Crippen LogP contribution in [0.3, 0.4) is 0 Å². The van der Waals surface area contributed by atoms with Gasteiger partial charge in [-0.1, -0.05) is 91.0 Å². The van der Waals surface area contributed by atoms with Crippen molar-refractivity contribution in [2.24, 2.45) is 0 Å². The molecule has 53 heavy (non-hydrogen) atoms. The monoisotopic (exact) mass is 719 g/mol. The van der Waals surface area contributed by atoms with Crippen LogP contribution < -0.4 is 25.4 Å². The quantitative estimate of drug-likeness (QED) is 0.0766. The number of anilines is 2. The van der Waals surface area contributed by atoms with Gasteiger partial charge in [0.1, 0.15) is 29.1 Å². The summed E-state index contributed by atoms with van der Waals surface area (Å²) >= 11 is 1.39. The van der Waals surface area contributed by atoms with Gasteiger partial charge in [0.25, 0.3) is 11.8 Å². The summed E-state index contributed by atoms with van der Waals surface area (Å²) in [5.41, 5.74) is 4.25. The molecule has 8 nitrogen and oxygen atoms in total. The van der Waals surface area contributed by atoms with Crippen molar-refractivity contribution in [3.8, 4) is 11.5 Å². The predicted octanol–water partition coefficient (Wildman–Crippen LogP) is 9.16. The summed E-state index contributed by atoms with van der Waals surface area (Å²) in [6.07, 6.45) is 1.62. The van der Waals surface area contributed by atoms with Gasteiger partial charge in [0.05, 0.1) is 7.11 Å². The largest absolute Gasteiger partial charge is 0.497 e. The Morgan fingerprint density at radius 2 is 1.21 bits per heavy atom. The van der Waals surface area contributed by atoms with Gasteiger partial charge in [-0.3, -0.25) is 14.4 Å². The number of methoxy groups -OCH3 is 1. The first kappa shape index (κ1) is 36.2. The third kappa shape index (κ3) is 10.5. The number of ether oxygens (including phenoxy) is 2. The average Bonchev–Trinajstić information content (AvgIpc) is 3.21. The van der Waals surface area contributed by atoms with E-state index in [0.717, 1.165) is 16.0 Å². The van der Waals surface area contributed by atoms with Crippen molar-refractivity contribution >= 4 is 46.9 Å². The van der Waals surface area contributed by atoms with Crippen molar-refractivity contribution in [2.45, 2.75) is 16.8 Å². The summed E-state index contributed by atoms with van der Waals surface area (Å²) in [4.78, 5) is 41.2. The lowest BCUT2D eigenvalue weighted by Gasteiger charge is -2.18. The van der Waals surface area contributed by atoms with Crippen LogP contribution in [0, 0.1) is 0 Å². The smallest absolute Gasteiger partial charge is 0.272 e. The Kier molecular flexibility index (Phi) is 12.4. The predicted molar refractivity (Wildman–Crippen MR) is 211 cm³/mol. The van der Waals surface area contributed by atoms with Crippen molar-refractivity contribution in [3.05, 3.63) is 192 Å². The summed E-state index contributed by atoms with van der Waals surface area (Å²) in [6, 6.07) is 49.8. The second-order valence-electron chi connectivity index (χ2n) is 11.8. The highest BCUT2D eigenvalue weighted by molar-refractivity contribution is 8.00. The third-order valence-corrected chi connectivity index (χ3v) is 9.30. The van der Waals surface area contributed by atoms with Gasteiger partial charge < -0.3 is 25.4 Å². The van der Waals surface area contributed by atoms with E-state index in [-0.39, 0.29) is 11.6 Å². The summed E-state index contributed by atoms with van der Waals surface area (Å²) in [6.45, 7) is 0.428. The van der Waals surface area contributed by atoms with Gasteiger partial charge in [-0.15, -0.1) is 11.8 Å². The molecule has 1 unspecified atom stereocenters. The number of benzene rings is 6. The maximum atomic E-state index is 13.7. The molecule has 0 fully saturated rings. The van der Waals surface area contributed by atoms with E-state index in [1.807, 2.05) is 103 Å². The minimum absolute atomic E-state index is 0.0644. The molecule has 0 aliphatic carbocycles. The summed E-state index contributed by atoms with van der Waals surface area (Å²) < 4.78 is 11.1. The van der Waals surface area contributed by atoms with Crippen molar-refractivity contribution in [1.29, 1.82) is 0 Å². The topological polar surface area (TPSA) is 106 Å². The molecule has 9 heteroatoms. The molecule has 0 bridgehead atoms. The van der Waals surface area contributed by atoms with E-state index < -0.39 is 17.1 Å². The molecule has 0 aromatic heterocycles. The summed E-state index contributed by atoms with van der Waals surface area (Å²) in [5.74, 6) is 0.283. The van der Waals surface area contributed by atoms with Crippen molar-refractivity contribution < 1.29 is 23.9 Å². The zero-order valence-corrected chi connectivity index (χ0v) is 29.7. The molecule has 0 aliphatic rings. The Morgan fingerprint density at radius 3 is 1.85 bits per heavy atom. The standard InChI is InChI=1S/C44H37N3O5S/c1-51-37-25-19-35(20-26-37)46-44(50)41(33-13-7-3-8-14-33)53-39-27-21-36(22-28-39)45-43(49)40(47-42(48)34-15-9-4-10-16-34)29-31-17-23-38(24-18-31)52-30-32-11-5-2-6-12-32/h2-29,41H,30H2,1H3,(H,45,49)(H,46,50)(H,47,48)/b40-29-. The maximum Gasteiger partial charge on any atom is 0.272 e. The van der Waals surface area contributed by atoms with Crippen LogP contribution >= 0.6 is 11.8 Å². The van der Waals surface area contributed by atoms with Gasteiger partial charge in [0.2, 0.25) is 5.91 Å². The van der Waals surface area contributed by atoms with Crippen LogP contribution in [-0.4, -0.2) is 24.8 Å². The molecule has 3 N–H and O–H groups in total.